The third-order valence-electron chi connectivity index (χ3n) is 3.26. The normalized spacial score (nSPS) is 18.1. The molecule has 1 atom stereocenters. The van der Waals surface area contributed by atoms with Crippen molar-refractivity contribution in [2.45, 2.75) is 25.9 Å². The molecule has 1 saturated heterocycles. The lowest BCUT2D eigenvalue weighted by Gasteiger charge is -2.04. The molecule has 0 saturated carbocycles. The molecule has 1 amide bonds. The van der Waals surface area contributed by atoms with Gasteiger partial charge in [-0.15, -0.1) is 11.3 Å². The van der Waals surface area contributed by atoms with Crippen LogP contribution in [0.4, 0.5) is 5.69 Å². The quantitative estimate of drug-likeness (QED) is 0.939. The first-order valence-corrected chi connectivity index (χ1v) is 7.51. The average Bonchev–Trinajstić information content (AvgIpc) is 3.08. The summed E-state index contributed by atoms with van der Waals surface area (Å²) < 4.78 is 5.62. The van der Waals surface area contributed by atoms with Gasteiger partial charge >= 0.3 is 0 Å². The number of nitrogens with zero attached hydrogens (tertiary/aromatic N) is 1. The van der Waals surface area contributed by atoms with E-state index in [-0.39, 0.29) is 12.0 Å². The Hall–Kier alpha value is -1.72. The van der Waals surface area contributed by atoms with Gasteiger partial charge in [0.1, 0.15) is 16.0 Å². The summed E-state index contributed by atoms with van der Waals surface area (Å²) in [4.78, 5) is 17.4. The third kappa shape index (κ3) is 2.73. The van der Waals surface area contributed by atoms with Gasteiger partial charge < -0.3 is 10.1 Å². The first-order chi connectivity index (χ1) is 9.74. The highest BCUT2D eigenvalue weighted by atomic mass is 32.1. The molecule has 0 radical (unpaired) electrons. The predicted octanol–water partition coefficient (Wildman–Crippen LogP) is 3.56. The van der Waals surface area contributed by atoms with E-state index in [1.54, 1.807) is 0 Å². The molecule has 0 aliphatic carbocycles. The number of aromatic nitrogens is 1. The molecular weight excluding hydrogens is 272 g/mol. The molecule has 2 heterocycles. The standard InChI is InChI=1S/C15H16N2O2S/c1-10-13(14(18)17-11-6-3-2-4-7-11)20-15(16-10)12-8-5-9-19-12/h2-4,6-7,12H,5,8-9H2,1H3,(H,17,18)/t12-/m0/s1. The molecule has 20 heavy (non-hydrogen) atoms. The smallest absolute Gasteiger partial charge is 0.267 e. The highest BCUT2D eigenvalue weighted by Crippen LogP contribution is 2.33. The van der Waals surface area contributed by atoms with E-state index in [2.05, 4.69) is 10.3 Å². The van der Waals surface area contributed by atoms with Crippen molar-refractivity contribution in [1.29, 1.82) is 0 Å². The Balaban J connectivity index is 1.77. The van der Waals surface area contributed by atoms with Crippen LogP contribution in [0, 0.1) is 6.92 Å². The summed E-state index contributed by atoms with van der Waals surface area (Å²) in [5.41, 5.74) is 1.57. The molecule has 1 aliphatic rings. The summed E-state index contributed by atoms with van der Waals surface area (Å²) in [7, 11) is 0. The van der Waals surface area contributed by atoms with E-state index in [0.29, 0.717) is 4.88 Å². The van der Waals surface area contributed by atoms with Gasteiger partial charge in [0.15, 0.2) is 0 Å². The Morgan fingerprint density at radius 1 is 1.40 bits per heavy atom. The lowest BCUT2D eigenvalue weighted by Crippen LogP contribution is -2.11. The molecule has 3 rings (SSSR count). The van der Waals surface area contributed by atoms with Gasteiger partial charge in [0, 0.05) is 12.3 Å². The van der Waals surface area contributed by atoms with Gasteiger partial charge in [-0.05, 0) is 31.9 Å². The van der Waals surface area contributed by atoms with E-state index in [4.69, 9.17) is 4.74 Å². The van der Waals surface area contributed by atoms with Gasteiger partial charge in [0.05, 0.1) is 5.69 Å². The number of amides is 1. The molecule has 4 nitrogen and oxygen atoms in total. The molecule has 0 unspecified atom stereocenters. The Morgan fingerprint density at radius 3 is 2.90 bits per heavy atom. The largest absolute Gasteiger partial charge is 0.371 e. The number of ether oxygens (including phenoxy) is 1. The van der Waals surface area contributed by atoms with Crippen molar-refractivity contribution in [3.8, 4) is 0 Å². The number of carbonyl (C=O) groups is 1. The van der Waals surface area contributed by atoms with E-state index in [9.17, 15) is 4.79 Å². The Kier molecular flexibility index (Phi) is 3.80. The van der Waals surface area contributed by atoms with Crippen LogP contribution in [-0.4, -0.2) is 17.5 Å². The van der Waals surface area contributed by atoms with E-state index in [0.717, 1.165) is 35.8 Å². The van der Waals surface area contributed by atoms with Crippen LogP contribution in [0.5, 0.6) is 0 Å². The van der Waals surface area contributed by atoms with Gasteiger partial charge in [-0.25, -0.2) is 4.98 Å². The molecule has 1 aromatic carbocycles. The molecule has 5 heteroatoms. The van der Waals surface area contributed by atoms with Crippen molar-refractivity contribution in [2.75, 3.05) is 11.9 Å². The number of rotatable bonds is 3. The minimum atomic E-state index is -0.101. The number of hydrogen-bond donors (Lipinski definition) is 1. The summed E-state index contributed by atoms with van der Waals surface area (Å²) in [6.45, 7) is 2.66. The molecule has 1 fully saturated rings. The van der Waals surface area contributed by atoms with Gasteiger partial charge in [0.2, 0.25) is 0 Å². The first-order valence-electron chi connectivity index (χ1n) is 6.69. The van der Waals surface area contributed by atoms with Crippen LogP contribution in [0.25, 0.3) is 0 Å². The summed E-state index contributed by atoms with van der Waals surface area (Å²) >= 11 is 1.44. The average molecular weight is 288 g/mol. The molecule has 2 aromatic rings. The highest BCUT2D eigenvalue weighted by molar-refractivity contribution is 7.14. The molecule has 0 bridgehead atoms. The second-order valence-electron chi connectivity index (χ2n) is 4.79. The Bertz CT molecular complexity index is 604. The number of nitrogens with one attached hydrogen (secondary N) is 1. The Morgan fingerprint density at radius 2 is 2.20 bits per heavy atom. The number of carbonyl (C=O) groups excluding carboxylic acids is 1. The number of thiazole rings is 1. The monoisotopic (exact) mass is 288 g/mol. The predicted molar refractivity (Wildman–Crippen MR) is 79.2 cm³/mol. The number of benzene rings is 1. The molecule has 0 spiro atoms. The molecule has 1 aliphatic heterocycles. The fourth-order valence-corrected chi connectivity index (χ4v) is 3.29. The maximum atomic E-state index is 12.3. The molecule has 1 N–H and O–H groups in total. The number of hydrogen-bond acceptors (Lipinski definition) is 4. The van der Waals surface area contributed by atoms with Crippen molar-refractivity contribution in [1.82, 2.24) is 4.98 Å². The van der Waals surface area contributed by atoms with Crippen LogP contribution in [0.3, 0.4) is 0 Å². The summed E-state index contributed by atoms with van der Waals surface area (Å²) in [5.74, 6) is -0.101. The van der Waals surface area contributed by atoms with Gasteiger partial charge in [-0.1, -0.05) is 18.2 Å². The zero-order valence-corrected chi connectivity index (χ0v) is 12.1. The van der Waals surface area contributed by atoms with Crippen molar-refractivity contribution in [2.24, 2.45) is 0 Å². The zero-order valence-electron chi connectivity index (χ0n) is 11.3. The van der Waals surface area contributed by atoms with Crippen molar-refractivity contribution in [3.05, 3.63) is 45.9 Å². The number of anilines is 1. The maximum Gasteiger partial charge on any atom is 0.267 e. The first kappa shape index (κ1) is 13.3. The van der Waals surface area contributed by atoms with Crippen LogP contribution >= 0.6 is 11.3 Å². The second-order valence-corrected chi connectivity index (χ2v) is 5.82. The summed E-state index contributed by atoms with van der Waals surface area (Å²) in [6.07, 6.45) is 2.12. The van der Waals surface area contributed by atoms with Crippen molar-refractivity contribution in [3.63, 3.8) is 0 Å². The van der Waals surface area contributed by atoms with Crippen LogP contribution in [-0.2, 0) is 4.74 Å². The van der Waals surface area contributed by atoms with E-state index < -0.39 is 0 Å². The Labute approximate surface area is 121 Å². The fourth-order valence-electron chi connectivity index (χ4n) is 2.25. The summed E-state index contributed by atoms with van der Waals surface area (Å²) in [5, 5.41) is 3.81. The van der Waals surface area contributed by atoms with Gasteiger partial charge in [-0.2, -0.15) is 0 Å². The van der Waals surface area contributed by atoms with Gasteiger partial charge in [-0.3, -0.25) is 4.79 Å². The zero-order chi connectivity index (χ0) is 13.9. The molecular formula is C15H16N2O2S. The maximum absolute atomic E-state index is 12.3. The number of para-hydroxylation sites is 1. The minimum Gasteiger partial charge on any atom is -0.371 e. The molecule has 104 valence electrons. The second kappa shape index (κ2) is 5.73. The lowest BCUT2D eigenvalue weighted by atomic mass is 10.2. The SMILES string of the molecule is Cc1nc([C@@H]2CCCO2)sc1C(=O)Nc1ccccc1. The topological polar surface area (TPSA) is 51.2 Å². The van der Waals surface area contributed by atoms with Crippen LogP contribution in [0.15, 0.2) is 30.3 Å². The minimum absolute atomic E-state index is 0.0666. The van der Waals surface area contributed by atoms with Crippen LogP contribution in [0.1, 0.15) is 39.3 Å². The lowest BCUT2D eigenvalue weighted by molar-refractivity contribution is 0.102. The fraction of sp³-hybridized carbons (Fsp3) is 0.333. The van der Waals surface area contributed by atoms with E-state index in [1.807, 2.05) is 37.3 Å². The highest BCUT2D eigenvalue weighted by Gasteiger charge is 2.24. The number of aryl methyl sites for hydroxylation is 1. The van der Waals surface area contributed by atoms with E-state index in [1.165, 1.54) is 11.3 Å². The third-order valence-corrected chi connectivity index (χ3v) is 4.50. The molecule has 1 aromatic heterocycles. The van der Waals surface area contributed by atoms with E-state index >= 15 is 0 Å². The van der Waals surface area contributed by atoms with Crippen LogP contribution < -0.4 is 5.32 Å². The summed E-state index contributed by atoms with van der Waals surface area (Å²) in [6, 6.07) is 9.45. The van der Waals surface area contributed by atoms with Gasteiger partial charge in [0.25, 0.3) is 5.91 Å². The van der Waals surface area contributed by atoms with Crippen molar-refractivity contribution >= 4 is 22.9 Å². The van der Waals surface area contributed by atoms with Crippen molar-refractivity contribution < 1.29 is 9.53 Å². The van der Waals surface area contributed by atoms with Crippen LogP contribution in [0.2, 0.25) is 0 Å².